The zero-order chi connectivity index (χ0) is 9.78. The first kappa shape index (κ1) is 11.5. The normalized spacial score (nSPS) is 11.0. The van der Waals surface area contributed by atoms with Gasteiger partial charge in [-0.2, -0.15) is 13.2 Å². The van der Waals surface area contributed by atoms with Gasteiger partial charge in [-0.3, -0.25) is 0 Å². The molecule has 6 heteroatoms. The maximum absolute atomic E-state index is 11.5. The molecule has 12 heavy (non-hydrogen) atoms. The predicted octanol–water partition coefficient (Wildman–Crippen LogP) is 2.04. The molecule has 0 bridgehead atoms. The number of carbonyl (C=O) groups excluding carboxylic acids is 1. The fraction of sp³-hybridized carbons (Fsp3) is 0.500. The molecule has 0 saturated carbocycles. The Morgan fingerprint density at radius 3 is 2.33 bits per heavy atom. The summed E-state index contributed by atoms with van der Waals surface area (Å²) in [6.07, 6.45) is -4.48. The first-order valence-corrected chi connectivity index (χ1v) is 3.96. The lowest BCUT2D eigenvalue weighted by Gasteiger charge is -2.07. The van der Waals surface area contributed by atoms with Gasteiger partial charge in [0.1, 0.15) is 0 Å². The van der Waals surface area contributed by atoms with E-state index in [1.165, 1.54) is 0 Å². The van der Waals surface area contributed by atoms with Crippen LogP contribution in [0.25, 0.3) is 0 Å². The Morgan fingerprint density at radius 2 is 2.00 bits per heavy atom. The van der Waals surface area contributed by atoms with E-state index in [1.807, 2.05) is 0 Å². The summed E-state index contributed by atoms with van der Waals surface area (Å²) < 4.78 is 38.3. The first-order valence-electron chi connectivity index (χ1n) is 2.84. The summed E-state index contributed by atoms with van der Waals surface area (Å²) in [5, 5.41) is 0.101. The van der Waals surface area contributed by atoms with Crippen molar-refractivity contribution in [2.75, 3.05) is 11.9 Å². The van der Waals surface area contributed by atoms with Gasteiger partial charge in [0.15, 0.2) is 6.61 Å². The van der Waals surface area contributed by atoms with Crippen LogP contribution in [0.5, 0.6) is 0 Å². The highest BCUT2D eigenvalue weighted by molar-refractivity contribution is 9.09. The third-order valence-electron chi connectivity index (χ3n) is 0.817. The van der Waals surface area contributed by atoms with Gasteiger partial charge in [0.2, 0.25) is 0 Å². The molecule has 0 aromatic rings. The SMILES string of the molecule is C=C(CBr)C(=O)OCC(F)(F)F. The second kappa shape index (κ2) is 4.49. The number of alkyl halides is 4. The molecule has 0 atom stereocenters. The number of carbonyl (C=O) groups is 1. The Balaban J connectivity index is 3.80. The average Bonchev–Trinajstić information content (AvgIpc) is 1.97. The molecule has 0 spiro atoms. The van der Waals surface area contributed by atoms with Crippen LogP contribution in [-0.4, -0.2) is 24.1 Å². The molecule has 0 aliphatic carbocycles. The molecule has 0 unspecified atom stereocenters. The zero-order valence-corrected chi connectivity index (χ0v) is 7.54. The minimum atomic E-state index is -4.48. The predicted molar refractivity (Wildman–Crippen MR) is 39.9 cm³/mol. The lowest BCUT2D eigenvalue weighted by atomic mass is 10.4. The molecule has 0 N–H and O–H groups in total. The number of rotatable bonds is 3. The minimum Gasteiger partial charge on any atom is -0.453 e. The summed E-state index contributed by atoms with van der Waals surface area (Å²) in [6, 6.07) is 0. The van der Waals surface area contributed by atoms with Gasteiger partial charge < -0.3 is 4.74 Å². The molecular weight excluding hydrogens is 241 g/mol. The van der Waals surface area contributed by atoms with Gasteiger partial charge in [-0.25, -0.2) is 4.79 Å². The number of halogens is 4. The standard InChI is InChI=1S/C6H6BrF3O2/c1-4(2-7)5(11)12-3-6(8,9)10/h1-3H2. The Hall–Kier alpha value is -0.520. The van der Waals surface area contributed by atoms with Crippen LogP contribution < -0.4 is 0 Å². The molecule has 0 fully saturated rings. The van der Waals surface area contributed by atoms with E-state index in [1.54, 1.807) is 0 Å². The number of hydrogen-bond acceptors (Lipinski definition) is 2. The quantitative estimate of drug-likeness (QED) is 0.433. The second-order valence-electron chi connectivity index (χ2n) is 1.93. The van der Waals surface area contributed by atoms with E-state index in [2.05, 4.69) is 27.2 Å². The molecule has 0 rings (SSSR count). The molecule has 0 aromatic heterocycles. The van der Waals surface area contributed by atoms with Crippen LogP contribution in [-0.2, 0) is 9.53 Å². The highest BCUT2D eigenvalue weighted by Crippen LogP contribution is 2.15. The largest absolute Gasteiger partial charge is 0.453 e. The van der Waals surface area contributed by atoms with Crippen LogP contribution in [0.3, 0.4) is 0 Å². The molecule has 0 amide bonds. The van der Waals surface area contributed by atoms with Crippen molar-refractivity contribution in [3.8, 4) is 0 Å². The fourth-order valence-electron chi connectivity index (χ4n) is 0.304. The summed E-state index contributed by atoms with van der Waals surface area (Å²) in [4.78, 5) is 10.6. The zero-order valence-electron chi connectivity index (χ0n) is 5.95. The smallest absolute Gasteiger partial charge is 0.422 e. The van der Waals surface area contributed by atoms with Crippen molar-refractivity contribution >= 4 is 21.9 Å². The topological polar surface area (TPSA) is 26.3 Å². The Labute approximate surface area is 75.5 Å². The number of ether oxygens (including phenoxy) is 1. The van der Waals surface area contributed by atoms with E-state index >= 15 is 0 Å². The fourth-order valence-corrected chi connectivity index (χ4v) is 0.533. The number of esters is 1. The van der Waals surface area contributed by atoms with Crippen LogP contribution in [0.15, 0.2) is 12.2 Å². The molecular formula is C6H6BrF3O2. The summed E-state index contributed by atoms with van der Waals surface area (Å²) in [5.41, 5.74) is -0.0424. The Bertz CT molecular complexity index is 188. The van der Waals surface area contributed by atoms with Crippen molar-refractivity contribution in [3.05, 3.63) is 12.2 Å². The Kier molecular flexibility index (Phi) is 4.30. The summed E-state index contributed by atoms with van der Waals surface area (Å²) in [5.74, 6) is -1.04. The molecule has 0 heterocycles. The van der Waals surface area contributed by atoms with Gasteiger partial charge in [0, 0.05) is 10.9 Å². The molecule has 0 saturated heterocycles. The van der Waals surface area contributed by atoms with Gasteiger partial charge in [-0.1, -0.05) is 22.5 Å². The van der Waals surface area contributed by atoms with E-state index in [-0.39, 0.29) is 10.9 Å². The maximum Gasteiger partial charge on any atom is 0.422 e. The third kappa shape index (κ3) is 5.17. The van der Waals surface area contributed by atoms with E-state index in [4.69, 9.17) is 0 Å². The Morgan fingerprint density at radius 1 is 1.50 bits per heavy atom. The molecule has 0 aromatic carbocycles. The van der Waals surface area contributed by atoms with Crippen molar-refractivity contribution in [3.63, 3.8) is 0 Å². The summed E-state index contributed by atoms with van der Waals surface area (Å²) >= 11 is 2.85. The van der Waals surface area contributed by atoms with Crippen LogP contribution in [0.2, 0.25) is 0 Å². The first-order chi connectivity index (χ1) is 5.37. The van der Waals surface area contributed by atoms with Crippen LogP contribution >= 0.6 is 15.9 Å². The lowest BCUT2D eigenvalue weighted by molar-refractivity contribution is -0.183. The van der Waals surface area contributed by atoms with E-state index in [0.29, 0.717) is 0 Å². The van der Waals surface area contributed by atoms with Gasteiger partial charge in [-0.05, 0) is 0 Å². The van der Waals surface area contributed by atoms with Crippen molar-refractivity contribution in [2.24, 2.45) is 0 Å². The van der Waals surface area contributed by atoms with E-state index in [9.17, 15) is 18.0 Å². The van der Waals surface area contributed by atoms with Crippen LogP contribution in [0.1, 0.15) is 0 Å². The van der Waals surface area contributed by atoms with Crippen LogP contribution in [0, 0.1) is 0 Å². The van der Waals surface area contributed by atoms with Crippen LogP contribution in [0.4, 0.5) is 13.2 Å². The lowest BCUT2D eigenvalue weighted by Crippen LogP contribution is -2.21. The molecule has 70 valence electrons. The van der Waals surface area contributed by atoms with E-state index in [0.717, 1.165) is 0 Å². The summed E-state index contributed by atoms with van der Waals surface area (Å²) in [7, 11) is 0. The van der Waals surface area contributed by atoms with E-state index < -0.39 is 18.8 Å². The van der Waals surface area contributed by atoms with Crippen molar-refractivity contribution in [1.29, 1.82) is 0 Å². The average molecular weight is 247 g/mol. The van der Waals surface area contributed by atoms with Gasteiger partial charge in [-0.15, -0.1) is 0 Å². The highest BCUT2D eigenvalue weighted by atomic mass is 79.9. The monoisotopic (exact) mass is 246 g/mol. The van der Waals surface area contributed by atoms with Gasteiger partial charge in [0.25, 0.3) is 0 Å². The molecule has 2 nitrogen and oxygen atoms in total. The maximum atomic E-state index is 11.5. The highest BCUT2D eigenvalue weighted by Gasteiger charge is 2.29. The number of hydrogen-bond donors (Lipinski definition) is 0. The molecule has 0 radical (unpaired) electrons. The molecule has 0 aliphatic rings. The third-order valence-corrected chi connectivity index (χ3v) is 1.49. The van der Waals surface area contributed by atoms with Crippen molar-refractivity contribution < 1.29 is 22.7 Å². The summed E-state index contributed by atoms with van der Waals surface area (Å²) in [6.45, 7) is 1.61. The van der Waals surface area contributed by atoms with Crippen molar-refractivity contribution in [1.82, 2.24) is 0 Å². The second-order valence-corrected chi connectivity index (χ2v) is 2.49. The van der Waals surface area contributed by atoms with Gasteiger partial charge >= 0.3 is 12.1 Å². The minimum absolute atomic E-state index is 0.0424. The van der Waals surface area contributed by atoms with Gasteiger partial charge in [0.05, 0.1) is 0 Å². The van der Waals surface area contributed by atoms with Crippen molar-refractivity contribution in [2.45, 2.75) is 6.18 Å². The molecule has 0 aliphatic heterocycles.